The monoisotopic (exact) mass is 273 g/mol. The van der Waals surface area contributed by atoms with Crippen LogP contribution in [-0.2, 0) is 6.42 Å². The van der Waals surface area contributed by atoms with Crippen LogP contribution in [0.2, 0.25) is 0 Å². The lowest BCUT2D eigenvalue weighted by Gasteiger charge is -2.19. The molecule has 0 saturated heterocycles. The number of hydrogen-bond donors (Lipinski definition) is 1. The quantitative estimate of drug-likeness (QED) is 0.874. The minimum absolute atomic E-state index is 0.0506. The molecule has 0 amide bonds. The topological polar surface area (TPSA) is 35.2 Å². The molecule has 0 aromatic heterocycles. The van der Waals surface area contributed by atoms with Crippen molar-refractivity contribution in [3.05, 3.63) is 65.5 Å². The first-order chi connectivity index (χ1) is 9.74. The molecule has 1 unspecified atom stereocenters. The number of nitrogens with two attached hydrogens (primary N) is 1. The normalized spacial score (nSPS) is 12.2. The Hall–Kier alpha value is -1.87. The van der Waals surface area contributed by atoms with Crippen LogP contribution in [0.15, 0.2) is 48.5 Å². The fraction of sp³-hybridized carbons (Fsp3) is 0.294. The van der Waals surface area contributed by atoms with Crippen LogP contribution in [0.25, 0.3) is 0 Å². The molecular weight excluding hydrogens is 253 g/mol. The number of ether oxygens (including phenoxy) is 1. The van der Waals surface area contributed by atoms with E-state index in [9.17, 15) is 4.39 Å². The Bertz CT molecular complexity index is 542. The van der Waals surface area contributed by atoms with Gasteiger partial charge in [-0.2, -0.15) is 0 Å². The molecule has 0 aliphatic rings. The maximum atomic E-state index is 13.5. The zero-order valence-electron chi connectivity index (χ0n) is 11.7. The van der Waals surface area contributed by atoms with Crippen molar-refractivity contribution in [2.45, 2.75) is 19.3 Å². The molecule has 0 spiro atoms. The lowest BCUT2D eigenvalue weighted by Crippen LogP contribution is -2.16. The van der Waals surface area contributed by atoms with Gasteiger partial charge in [0.05, 0.1) is 6.61 Å². The molecule has 0 radical (unpaired) electrons. The molecule has 2 nitrogen and oxygen atoms in total. The number of halogens is 1. The largest absolute Gasteiger partial charge is 0.494 e. The molecule has 20 heavy (non-hydrogen) atoms. The Labute approximate surface area is 119 Å². The summed E-state index contributed by atoms with van der Waals surface area (Å²) in [5.74, 6) is 0.518. The van der Waals surface area contributed by atoms with Gasteiger partial charge in [0.15, 0.2) is 0 Å². The second-order valence-electron chi connectivity index (χ2n) is 4.74. The van der Waals surface area contributed by atoms with Crippen molar-refractivity contribution in [3.63, 3.8) is 0 Å². The number of hydrogen-bond acceptors (Lipinski definition) is 2. The lowest BCUT2D eigenvalue weighted by atomic mass is 9.91. The maximum absolute atomic E-state index is 13.5. The first-order valence-electron chi connectivity index (χ1n) is 6.90. The van der Waals surface area contributed by atoms with Crippen molar-refractivity contribution >= 4 is 0 Å². The van der Waals surface area contributed by atoms with Crippen molar-refractivity contribution in [3.8, 4) is 5.75 Å². The van der Waals surface area contributed by atoms with Crippen LogP contribution in [0.3, 0.4) is 0 Å². The Morgan fingerprint density at radius 1 is 1.15 bits per heavy atom. The van der Waals surface area contributed by atoms with E-state index in [1.807, 2.05) is 25.1 Å². The molecule has 0 fully saturated rings. The van der Waals surface area contributed by atoms with Crippen molar-refractivity contribution in [2.24, 2.45) is 5.73 Å². The highest BCUT2D eigenvalue weighted by Gasteiger charge is 2.16. The first-order valence-corrected chi connectivity index (χ1v) is 6.90. The van der Waals surface area contributed by atoms with Crippen LogP contribution >= 0.6 is 0 Å². The molecule has 0 aliphatic carbocycles. The van der Waals surface area contributed by atoms with Gasteiger partial charge in [-0.05, 0) is 43.7 Å². The molecule has 3 heteroatoms. The second kappa shape index (κ2) is 7.06. The van der Waals surface area contributed by atoms with Crippen LogP contribution in [0, 0.1) is 5.82 Å². The molecule has 2 aromatic carbocycles. The summed E-state index contributed by atoms with van der Waals surface area (Å²) in [6, 6.07) is 14.7. The molecule has 106 valence electrons. The van der Waals surface area contributed by atoms with Gasteiger partial charge in [-0.1, -0.05) is 30.3 Å². The van der Waals surface area contributed by atoms with E-state index in [0.29, 0.717) is 13.2 Å². The summed E-state index contributed by atoms with van der Waals surface area (Å²) in [7, 11) is 0. The van der Waals surface area contributed by atoms with E-state index in [-0.39, 0.29) is 11.7 Å². The standard InChI is InChI=1S/C17H20FNO/c1-2-20-17-9-8-15(18)11-16(17)14(12-19)10-13-6-4-3-5-7-13/h3-9,11,14H,2,10,12,19H2,1H3. The smallest absolute Gasteiger partial charge is 0.123 e. The Morgan fingerprint density at radius 3 is 2.55 bits per heavy atom. The summed E-state index contributed by atoms with van der Waals surface area (Å²) in [5.41, 5.74) is 7.92. The van der Waals surface area contributed by atoms with Gasteiger partial charge >= 0.3 is 0 Å². The second-order valence-corrected chi connectivity index (χ2v) is 4.74. The van der Waals surface area contributed by atoms with Gasteiger partial charge in [0.1, 0.15) is 11.6 Å². The Kier molecular flexibility index (Phi) is 5.13. The molecular formula is C17H20FNO. The average molecular weight is 273 g/mol. The summed E-state index contributed by atoms with van der Waals surface area (Å²) in [4.78, 5) is 0. The van der Waals surface area contributed by atoms with Gasteiger partial charge in [0.25, 0.3) is 0 Å². The van der Waals surface area contributed by atoms with Crippen LogP contribution < -0.4 is 10.5 Å². The van der Waals surface area contributed by atoms with E-state index in [1.54, 1.807) is 6.07 Å². The van der Waals surface area contributed by atoms with E-state index in [4.69, 9.17) is 10.5 Å². The Balaban J connectivity index is 2.28. The molecule has 0 saturated carbocycles. The van der Waals surface area contributed by atoms with Crippen molar-refractivity contribution in [1.29, 1.82) is 0 Å². The van der Waals surface area contributed by atoms with Gasteiger partial charge < -0.3 is 10.5 Å². The highest BCUT2D eigenvalue weighted by molar-refractivity contribution is 5.38. The minimum atomic E-state index is -0.255. The van der Waals surface area contributed by atoms with E-state index in [2.05, 4.69) is 12.1 Å². The Morgan fingerprint density at radius 2 is 1.90 bits per heavy atom. The minimum Gasteiger partial charge on any atom is -0.494 e. The maximum Gasteiger partial charge on any atom is 0.123 e. The summed E-state index contributed by atoms with van der Waals surface area (Å²) >= 11 is 0. The van der Waals surface area contributed by atoms with E-state index < -0.39 is 0 Å². The van der Waals surface area contributed by atoms with Crippen molar-refractivity contribution < 1.29 is 9.13 Å². The molecule has 2 N–H and O–H groups in total. The summed E-state index contributed by atoms with van der Waals surface area (Å²) in [5, 5.41) is 0. The van der Waals surface area contributed by atoms with Crippen molar-refractivity contribution in [1.82, 2.24) is 0 Å². The zero-order valence-corrected chi connectivity index (χ0v) is 11.7. The number of benzene rings is 2. The summed E-state index contributed by atoms with van der Waals surface area (Å²) in [6.07, 6.45) is 0.779. The zero-order chi connectivity index (χ0) is 14.4. The fourth-order valence-corrected chi connectivity index (χ4v) is 2.34. The average Bonchev–Trinajstić information content (AvgIpc) is 2.48. The van der Waals surface area contributed by atoms with Gasteiger partial charge in [-0.25, -0.2) is 4.39 Å². The van der Waals surface area contributed by atoms with E-state index in [1.165, 1.54) is 17.7 Å². The van der Waals surface area contributed by atoms with Crippen LogP contribution in [-0.4, -0.2) is 13.2 Å². The first kappa shape index (κ1) is 14.5. The van der Waals surface area contributed by atoms with Gasteiger partial charge in [-0.15, -0.1) is 0 Å². The third-order valence-electron chi connectivity index (χ3n) is 3.32. The molecule has 2 rings (SSSR count). The van der Waals surface area contributed by atoms with E-state index in [0.717, 1.165) is 17.7 Å². The third-order valence-corrected chi connectivity index (χ3v) is 3.32. The van der Waals surface area contributed by atoms with Gasteiger partial charge in [0, 0.05) is 11.5 Å². The molecule has 0 heterocycles. The van der Waals surface area contributed by atoms with Gasteiger partial charge in [0.2, 0.25) is 0 Å². The molecule has 1 atom stereocenters. The highest BCUT2D eigenvalue weighted by atomic mass is 19.1. The fourth-order valence-electron chi connectivity index (χ4n) is 2.34. The van der Waals surface area contributed by atoms with Crippen LogP contribution in [0.5, 0.6) is 5.75 Å². The lowest BCUT2D eigenvalue weighted by molar-refractivity contribution is 0.333. The van der Waals surface area contributed by atoms with Gasteiger partial charge in [-0.3, -0.25) is 0 Å². The predicted molar refractivity (Wildman–Crippen MR) is 79.5 cm³/mol. The van der Waals surface area contributed by atoms with E-state index >= 15 is 0 Å². The van der Waals surface area contributed by atoms with Crippen LogP contribution in [0.4, 0.5) is 4.39 Å². The van der Waals surface area contributed by atoms with Crippen molar-refractivity contribution in [2.75, 3.05) is 13.2 Å². The molecule has 0 bridgehead atoms. The predicted octanol–water partition coefficient (Wildman–Crippen LogP) is 3.51. The molecule has 2 aromatic rings. The van der Waals surface area contributed by atoms with Crippen LogP contribution in [0.1, 0.15) is 24.0 Å². The SMILES string of the molecule is CCOc1ccc(F)cc1C(CN)Cc1ccccc1. The highest BCUT2D eigenvalue weighted by Crippen LogP contribution is 2.29. The summed E-state index contributed by atoms with van der Waals surface area (Å²) in [6.45, 7) is 2.93. The molecule has 0 aliphatic heterocycles. The third kappa shape index (κ3) is 3.58. The number of rotatable bonds is 6. The summed E-state index contributed by atoms with van der Waals surface area (Å²) < 4.78 is 19.1.